The van der Waals surface area contributed by atoms with Gasteiger partial charge in [-0.25, -0.2) is 0 Å². The van der Waals surface area contributed by atoms with Crippen LogP contribution in [0.1, 0.15) is 41.0 Å². The van der Waals surface area contributed by atoms with E-state index in [-0.39, 0.29) is 0 Å². The Bertz CT molecular complexity index is 202. The zero-order chi connectivity index (χ0) is 9.80. The number of hydrogen-bond acceptors (Lipinski definition) is 1. The highest BCUT2D eigenvalue weighted by atomic mass is 15.3. The van der Waals surface area contributed by atoms with Crippen LogP contribution in [0.5, 0.6) is 0 Å². The molecule has 3 unspecified atom stereocenters. The van der Waals surface area contributed by atoms with Crippen LogP contribution < -0.4 is 0 Å². The first kappa shape index (κ1) is 9.51. The van der Waals surface area contributed by atoms with Crippen LogP contribution in [0.3, 0.4) is 0 Å². The lowest BCUT2D eigenvalue weighted by Gasteiger charge is -2.40. The second-order valence-electron chi connectivity index (χ2n) is 6.22. The van der Waals surface area contributed by atoms with Crippen molar-refractivity contribution in [1.82, 2.24) is 4.90 Å². The molecule has 0 bridgehead atoms. The van der Waals surface area contributed by atoms with Gasteiger partial charge in [0.1, 0.15) is 0 Å². The third-order valence-corrected chi connectivity index (χ3v) is 3.75. The number of piperidine rings is 1. The molecule has 3 atom stereocenters. The van der Waals surface area contributed by atoms with Gasteiger partial charge in [-0.1, -0.05) is 13.8 Å². The van der Waals surface area contributed by atoms with Crippen molar-refractivity contribution in [2.75, 3.05) is 6.54 Å². The lowest BCUT2D eigenvalue weighted by molar-refractivity contribution is 0.0740. The van der Waals surface area contributed by atoms with E-state index in [1.54, 1.807) is 0 Å². The molecule has 2 fully saturated rings. The van der Waals surface area contributed by atoms with Gasteiger partial charge in [-0.2, -0.15) is 0 Å². The standard InChI is InChI=1S/C12H23N/c1-8(2)11-10-6-9(10)7-13(11)12(3,4)5/h8-11H,6-7H2,1-5H3. The zero-order valence-electron chi connectivity index (χ0n) is 9.67. The Kier molecular flexibility index (Phi) is 1.99. The van der Waals surface area contributed by atoms with Crippen LogP contribution in [0, 0.1) is 17.8 Å². The van der Waals surface area contributed by atoms with Gasteiger partial charge in [-0.15, -0.1) is 0 Å². The number of nitrogens with zero attached hydrogens (tertiary/aromatic N) is 1. The number of fused-ring (bicyclic) bond motifs is 1. The quantitative estimate of drug-likeness (QED) is 0.601. The maximum atomic E-state index is 2.73. The minimum atomic E-state index is 0.377. The molecule has 0 N–H and O–H groups in total. The van der Waals surface area contributed by atoms with Gasteiger partial charge < -0.3 is 0 Å². The van der Waals surface area contributed by atoms with Gasteiger partial charge in [-0.05, 0) is 44.9 Å². The molecular formula is C12H23N. The Hall–Kier alpha value is -0.0400. The van der Waals surface area contributed by atoms with Crippen LogP contribution in [0.4, 0.5) is 0 Å². The van der Waals surface area contributed by atoms with Crippen molar-refractivity contribution in [3.8, 4) is 0 Å². The van der Waals surface area contributed by atoms with Gasteiger partial charge in [-0.3, -0.25) is 4.90 Å². The summed E-state index contributed by atoms with van der Waals surface area (Å²) < 4.78 is 0. The fourth-order valence-electron chi connectivity index (χ4n) is 3.08. The van der Waals surface area contributed by atoms with Crippen molar-refractivity contribution in [3.63, 3.8) is 0 Å². The third-order valence-electron chi connectivity index (χ3n) is 3.75. The summed E-state index contributed by atoms with van der Waals surface area (Å²) in [5, 5.41) is 0. The lowest BCUT2D eigenvalue weighted by Crippen LogP contribution is -2.48. The molecule has 1 aliphatic heterocycles. The van der Waals surface area contributed by atoms with E-state index in [1.165, 1.54) is 13.0 Å². The summed E-state index contributed by atoms with van der Waals surface area (Å²) in [4.78, 5) is 2.73. The normalized spacial score (nSPS) is 39.7. The smallest absolute Gasteiger partial charge is 0.0155 e. The Morgan fingerprint density at radius 1 is 1.23 bits per heavy atom. The minimum Gasteiger partial charge on any atom is -0.295 e. The molecule has 0 aromatic carbocycles. The van der Waals surface area contributed by atoms with Crippen molar-refractivity contribution >= 4 is 0 Å². The molecule has 0 amide bonds. The van der Waals surface area contributed by atoms with Gasteiger partial charge in [0.25, 0.3) is 0 Å². The molecule has 1 aliphatic carbocycles. The fraction of sp³-hybridized carbons (Fsp3) is 1.00. The monoisotopic (exact) mass is 181 g/mol. The van der Waals surface area contributed by atoms with Crippen LogP contribution in [0.25, 0.3) is 0 Å². The molecule has 13 heavy (non-hydrogen) atoms. The molecule has 1 nitrogen and oxygen atoms in total. The van der Waals surface area contributed by atoms with E-state index in [9.17, 15) is 0 Å². The summed E-state index contributed by atoms with van der Waals surface area (Å²) in [5.74, 6) is 2.92. The van der Waals surface area contributed by atoms with E-state index < -0.39 is 0 Å². The number of likely N-dealkylation sites (tertiary alicyclic amines) is 1. The molecule has 1 saturated carbocycles. The van der Waals surface area contributed by atoms with Gasteiger partial charge in [0.15, 0.2) is 0 Å². The van der Waals surface area contributed by atoms with E-state index in [4.69, 9.17) is 0 Å². The molecule has 0 aromatic heterocycles. The number of rotatable bonds is 1. The molecule has 76 valence electrons. The Labute approximate surface area is 82.5 Å². The lowest BCUT2D eigenvalue weighted by atomic mass is 9.95. The van der Waals surface area contributed by atoms with Crippen LogP contribution in [-0.4, -0.2) is 23.0 Å². The summed E-state index contributed by atoms with van der Waals surface area (Å²) >= 11 is 0. The largest absolute Gasteiger partial charge is 0.295 e. The summed E-state index contributed by atoms with van der Waals surface area (Å²) in [7, 11) is 0. The average molecular weight is 181 g/mol. The van der Waals surface area contributed by atoms with Gasteiger partial charge in [0.05, 0.1) is 0 Å². The summed E-state index contributed by atoms with van der Waals surface area (Å²) in [6.07, 6.45) is 1.51. The Morgan fingerprint density at radius 3 is 2.23 bits per heavy atom. The van der Waals surface area contributed by atoms with Crippen LogP contribution in [-0.2, 0) is 0 Å². The molecular weight excluding hydrogens is 158 g/mol. The maximum Gasteiger partial charge on any atom is 0.0155 e. The summed E-state index contributed by atoms with van der Waals surface area (Å²) in [6.45, 7) is 13.2. The van der Waals surface area contributed by atoms with E-state index in [0.29, 0.717) is 5.54 Å². The summed E-state index contributed by atoms with van der Waals surface area (Å²) in [6, 6.07) is 0.866. The first-order chi connectivity index (χ1) is 5.91. The Morgan fingerprint density at radius 2 is 1.85 bits per heavy atom. The molecule has 1 heterocycles. The van der Waals surface area contributed by atoms with Crippen molar-refractivity contribution < 1.29 is 0 Å². The molecule has 1 saturated heterocycles. The van der Waals surface area contributed by atoms with Gasteiger partial charge in [0, 0.05) is 18.1 Å². The average Bonchev–Trinajstić information content (AvgIpc) is 2.58. The molecule has 0 aromatic rings. The maximum absolute atomic E-state index is 2.73. The highest BCUT2D eigenvalue weighted by molar-refractivity contribution is 5.07. The molecule has 2 rings (SSSR count). The van der Waals surface area contributed by atoms with E-state index in [0.717, 1.165) is 23.8 Å². The van der Waals surface area contributed by atoms with Gasteiger partial charge in [0.2, 0.25) is 0 Å². The first-order valence-corrected chi connectivity index (χ1v) is 5.68. The number of hydrogen-bond donors (Lipinski definition) is 0. The van der Waals surface area contributed by atoms with Crippen molar-refractivity contribution in [2.24, 2.45) is 17.8 Å². The SMILES string of the molecule is CC(C)C1C2CC2CN1C(C)(C)C. The predicted molar refractivity (Wildman–Crippen MR) is 56.7 cm³/mol. The van der Waals surface area contributed by atoms with Gasteiger partial charge >= 0.3 is 0 Å². The molecule has 2 aliphatic rings. The molecule has 0 radical (unpaired) electrons. The van der Waals surface area contributed by atoms with E-state index >= 15 is 0 Å². The molecule has 1 heteroatoms. The van der Waals surface area contributed by atoms with E-state index in [1.807, 2.05) is 0 Å². The fourth-order valence-corrected chi connectivity index (χ4v) is 3.08. The minimum absolute atomic E-state index is 0.377. The van der Waals surface area contributed by atoms with Crippen molar-refractivity contribution in [1.29, 1.82) is 0 Å². The van der Waals surface area contributed by atoms with Crippen LogP contribution >= 0.6 is 0 Å². The van der Waals surface area contributed by atoms with E-state index in [2.05, 4.69) is 39.5 Å². The third kappa shape index (κ3) is 1.52. The highest BCUT2D eigenvalue weighted by Crippen LogP contribution is 2.53. The highest BCUT2D eigenvalue weighted by Gasteiger charge is 2.55. The predicted octanol–water partition coefficient (Wildman–Crippen LogP) is 2.76. The van der Waals surface area contributed by atoms with Crippen molar-refractivity contribution in [2.45, 2.75) is 52.6 Å². The molecule has 0 spiro atoms. The summed E-state index contributed by atoms with van der Waals surface area (Å²) in [5.41, 5.74) is 0.377. The second kappa shape index (κ2) is 2.73. The Balaban J connectivity index is 2.12. The topological polar surface area (TPSA) is 3.24 Å². The second-order valence-corrected chi connectivity index (χ2v) is 6.22. The van der Waals surface area contributed by atoms with Crippen LogP contribution in [0.2, 0.25) is 0 Å². The first-order valence-electron chi connectivity index (χ1n) is 5.68. The van der Waals surface area contributed by atoms with Crippen LogP contribution in [0.15, 0.2) is 0 Å². The van der Waals surface area contributed by atoms with Crippen molar-refractivity contribution in [3.05, 3.63) is 0 Å². The zero-order valence-corrected chi connectivity index (χ0v) is 9.67.